The van der Waals surface area contributed by atoms with E-state index in [2.05, 4.69) is 18.3 Å². The molecule has 0 unspecified atom stereocenters. The van der Waals surface area contributed by atoms with E-state index in [-0.39, 0.29) is 12.7 Å². The van der Waals surface area contributed by atoms with E-state index in [9.17, 15) is 4.79 Å². The fourth-order valence-corrected chi connectivity index (χ4v) is 4.17. The number of anilines is 1. The molecule has 30 heavy (non-hydrogen) atoms. The fourth-order valence-electron chi connectivity index (χ4n) is 3.99. The molecule has 1 fully saturated rings. The van der Waals surface area contributed by atoms with Crippen LogP contribution in [0.4, 0.5) is 5.69 Å². The number of carbonyl (C=O) groups is 1. The Kier molecular flexibility index (Phi) is 4.48. The number of nitrogens with one attached hydrogen (secondary N) is 1. The molecular formula is C25H22ClNO3. The summed E-state index contributed by atoms with van der Waals surface area (Å²) in [6.45, 7) is 4.28. The lowest BCUT2D eigenvalue weighted by molar-refractivity contribution is -0.118. The van der Waals surface area contributed by atoms with Crippen LogP contribution in [0.2, 0.25) is 5.02 Å². The average Bonchev–Trinajstić information content (AvgIpc) is 3.42. The number of halogens is 1. The second kappa shape index (κ2) is 7.06. The SMILES string of the molecule is Cc1ccc(-c2cc(NC(=O)C3(c4ccc5c(c4)OCO5)CC3)ccc2C)cc1Cl. The van der Waals surface area contributed by atoms with E-state index in [1.807, 2.05) is 55.5 Å². The lowest BCUT2D eigenvalue weighted by atomic mass is 9.94. The molecule has 152 valence electrons. The zero-order valence-corrected chi connectivity index (χ0v) is 17.7. The van der Waals surface area contributed by atoms with Gasteiger partial charge in [0.1, 0.15) is 0 Å². The maximum atomic E-state index is 13.2. The van der Waals surface area contributed by atoms with Gasteiger partial charge in [-0.15, -0.1) is 0 Å². The Balaban J connectivity index is 1.42. The Labute approximate surface area is 180 Å². The van der Waals surface area contributed by atoms with Gasteiger partial charge in [0.15, 0.2) is 11.5 Å². The summed E-state index contributed by atoms with van der Waals surface area (Å²) in [6.07, 6.45) is 1.65. The van der Waals surface area contributed by atoms with Gasteiger partial charge in [-0.05, 0) is 84.8 Å². The summed E-state index contributed by atoms with van der Waals surface area (Å²) < 4.78 is 10.9. The number of carbonyl (C=O) groups excluding carboxylic acids is 1. The van der Waals surface area contributed by atoms with Crippen LogP contribution in [0.3, 0.4) is 0 Å². The summed E-state index contributed by atoms with van der Waals surface area (Å²) in [5, 5.41) is 3.87. The summed E-state index contributed by atoms with van der Waals surface area (Å²) in [5.74, 6) is 1.45. The molecule has 1 N–H and O–H groups in total. The number of ether oxygens (including phenoxy) is 2. The van der Waals surface area contributed by atoms with Crippen LogP contribution in [-0.4, -0.2) is 12.7 Å². The van der Waals surface area contributed by atoms with E-state index >= 15 is 0 Å². The van der Waals surface area contributed by atoms with Crippen molar-refractivity contribution in [3.05, 3.63) is 76.3 Å². The lowest BCUT2D eigenvalue weighted by Gasteiger charge is -2.17. The van der Waals surface area contributed by atoms with Crippen LogP contribution in [0.15, 0.2) is 54.6 Å². The number of benzene rings is 3. The third-order valence-electron chi connectivity index (χ3n) is 6.09. The molecule has 0 saturated heterocycles. The van der Waals surface area contributed by atoms with Crippen molar-refractivity contribution in [1.82, 2.24) is 0 Å². The van der Waals surface area contributed by atoms with Gasteiger partial charge in [0, 0.05) is 10.7 Å². The molecule has 1 heterocycles. The maximum Gasteiger partial charge on any atom is 0.235 e. The van der Waals surface area contributed by atoms with Gasteiger partial charge in [0.25, 0.3) is 0 Å². The predicted octanol–water partition coefficient (Wildman–Crippen LogP) is 6.02. The van der Waals surface area contributed by atoms with E-state index in [4.69, 9.17) is 21.1 Å². The highest BCUT2D eigenvalue weighted by Crippen LogP contribution is 2.51. The number of rotatable bonds is 4. The fraction of sp³-hybridized carbons (Fsp3) is 0.240. The molecule has 0 aromatic heterocycles. The molecule has 5 rings (SSSR count). The summed E-state index contributed by atoms with van der Waals surface area (Å²) in [6, 6.07) is 17.8. The second-order valence-electron chi connectivity index (χ2n) is 8.10. The Morgan fingerprint density at radius 3 is 2.47 bits per heavy atom. The molecule has 0 spiro atoms. The molecule has 5 heteroatoms. The Morgan fingerprint density at radius 1 is 0.933 bits per heavy atom. The molecule has 4 nitrogen and oxygen atoms in total. The Hall–Kier alpha value is -2.98. The highest BCUT2D eigenvalue weighted by atomic mass is 35.5. The van der Waals surface area contributed by atoms with Crippen LogP contribution >= 0.6 is 11.6 Å². The van der Waals surface area contributed by atoms with Crippen molar-refractivity contribution in [3.8, 4) is 22.6 Å². The molecule has 3 aromatic carbocycles. The highest BCUT2D eigenvalue weighted by molar-refractivity contribution is 6.31. The third kappa shape index (κ3) is 3.21. The molecule has 0 bridgehead atoms. The molecule has 0 atom stereocenters. The number of aryl methyl sites for hydroxylation is 2. The van der Waals surface area contributed by atoms with Crippen molar-refractivity contribution < 1.29 is 14.3 Å². The first-order chi connectivity index (χ1) is 14.5. The minimum atomic E-state index is -0.501. The molecule has 1 aliphatic carbocycles. The molecule has 1 aliphatic heterocycles. The highest BCUT2D eigenvalue weighted by Gasteiger charge is 2.51. The monoisotopic (exact) mass is 419 g/mol. The quantitative estimate of drug-likeness (QED) is 0.562. The first-order valence-corrected chi connectivity index (χ1v) is 10.4. The van der Waals surface area contributed by atoms with Crippen LogP contribution in [0.5, 0.6) is 11.5 Å². The van der Waals surface area contributed by atoms with Gasteiger partial charge in [-0.2, -0.15) is 0 Å². The summed E-state index contributed by atoms with van der Waals surface area (Å²) in [7, 11) is 0. The van der Waals surface area contributed by atoms with Crippen LogP contribution in [0.1, 0.15) is 29.5 Å². The molecule has 1 saturated carbocycles. The number of amides is 1. The van der Waals surface area contributed by atoms with Crippen molar-refractivity contribution in [2.24, 2.45) is 0 Å². The number of hydrogen-bond donors (Lipinski definition) is 1. The van der Waals surface area contributed by atoms with E-state index in [0.29, 0.717) is 5.75 Å². The zero-order valence-electron chi connectivity index (χ0n) is 16.9. The van der Waals surface area contributed by atoms with Crippen molar-refractivity contribution in [2.45, 2.75) is 32.1 Å². The van der Waals surface area contributed by atoms with Crippen molar-refractivity contribution in [2.75, 3.05) is 12.1 Å². The molecule has 2 aliphatic rings. The maximum absolute atomic E-state index is 13.2. The normalized spacial score (nSPS) is 15.7. The van der Waals surface area contributed by atoms with Crippen molar-refractivity contribution in [1.29, 1.82) is 0 Å². The summed E-state index contributed by atoms with van der Waals surface area (Å²) >= 11 is 6.33. The average molecular weight is 420 g/mol. The van der Waals surface area contributed by atoms with Crippen molar-refractivity contribution in [3.63, 3.8) is 0 Å². The molecule has 3 aromatic rings. The van der Waals surface area contributed by atoms with Gasteiger partial charge >= 0.3 is 0 Å². The van der Waals surface area contributed by atoms with Crippen LogP contribution in [-0.2, 0) is 10.2 Å². The molecule has 0 radical (unpaired) electrons. The second-order valence-corrected chi connectivity index (χ2v) is 8.51. The van der Waals surface area contributed by atoms with Gasteiger partial charge in [-0.1, -0.05) is 35.9 Å². The minimum absolute atomic E-state index is 0.0121. The van der Waals surface area contributed by atoms with Gasteiger partial charge in [0.05, 0.1) is 5.41 Å². The smallest absolute Gasteiger partial charge is 0.235 e. The Morgan fingerprint density at radius 2 is 1.70 bits per heavy atom. The van der Waals surface area contributed by atoms with E-state index in [0.717, 1.165) is 57.1 Å². The van der Waals surface area contributed by atoms with Gasteiger partial charge < -0.3 is 14.8 Å². The number of fused-ring (bicyclic) bond motifs is 1. The standard InChI is InChI=1S/C25H22ClNO3/c1-15-4-7-19(13-20(15)17-5-3-16(2)21(26)11-17)27-24(28)25(9-10-25)18-6-8-22-23(12-18)30-14-29-22/h3-8,11-13H,9-10,14H2,1-2H3,(H,27,28). The predicted molar refractivity (Wildman–Crippen MR) is 118 cm³/mol. The first kappa shape index (κ1) is 19.0. The topological polar surface area (TPSA) is 47.6 Å². The van der Waals surface area contributed by atoms with E-state index < -0.39 is 5.41 Å². The van der Waals surface area contributed by atoms with Gasteiger partial charge in [-0.25, -0.2) is 0 Å². The van der Waals surface area contributed by atoms with Crippen LogP contribution < -0.4 is 14.8 Å². The van der Waals surface area contributed by atoms with Crippen LogP contribution in [0, 0.1) is 13.8 Å². The largest absolute Gasteiger partial charge is 0.454 e. The lowest BCUT2D eigenvalue weighted by Crippen LogP contribution is -2.27. The number of hydrogen-bond acceptors (Lipinski definition) is 3. The molecular weight excluding hydrogens is 398 g/mol. The summed E-state index contributed by atoms with van der Waals surface area (Å²) in [5.41, 5.74) is 5.52. The van der Waals surface area contributed by atoms with Gasteiger partial charge in [-0.3, -0.25) is 4.79 Å². The van der Waals surface area contributed by atoms with Crippen LogP contribution in [0.25, 0.3) is 11.1 Å². The minimum Gasteiger partial charge on any atom is -0.454 e. The summed E-state index contributed by atoms with van der Waals surface area (Å²) in [4.78, 5) is 13.2. The Bertz CT molecular complexity index is 1170. The van der Waals surface area contributed by atoms with E-state index in [1.54, 1.807) is 0 Å². The van der Waals surface area contributed by atoms with Crippen molar-refractivity contribution >= 4 is 23.2 Å². The molecule has 1 amide bonds. The first-order valence-electron chi connectivity index (χ1n) is 10.0. The van der Waals surface area contributed by atoms with E-state index in [1.165, 1.54) is 0 Å². The van der Waals surface area contributed by atoms with Gasteiger partial charge in [0.2, 0.25) is 12.7 Å². The zero-order chi connectivity index (χ0) is 20.9. The third-order valence-corrected chi connectivity index (χ3v) is 6.50.